The average molecular weight is 267 g/mol. The maximum atomic E-state index is 5.63. The van der Waals surface area contributed by atoms with Crippen LogP contribution in [0.2, 0.25) is 0 Å². The van der Waals surface area contributed by atoms with Crippen LogP contribution in [0.3, 0.4) is 0 Å². The van der Waals surface area contributed by atoms with Gasteiger partial charge in [-0.2, -0.15) is 5.10 Å². The number of hydrogen-bond donors (Lipinski definition) is 1. The minimum absolute atomic E-state index is 0.711. The van der Waals surface area contributed by atoms with Crippen molar-refractivity contribution < 1.29 is 4.74 Å². The summed E-state index contributed by atoms with van der Waals surface area (Å²) in [7, 11) is 0. The first-order chi connectivity index (χ1) is 9.15. The summed E-state index contributed by atoms with van der Waals surface area (Å²) in [6, 6.07) is 0. The molecule has 110 valence electrons. The Labute approximate surface area is 117 Å². The molecule has 0 aliphatic rings. The summed E-state index contributed by atoms with van der Waals surface area (Å²) in [6.45, 7) is 13.2. The van der Waals surface area contributed by atoms with E-state index in [0.717, 1.165) is 45.7 Å². The Bertz CT molecular complexity index is 347. The van der Waals surface area contributed by atoms with Crippen molar-refractivity contribution in [3.63, 3.8) is 0 Å². The van der Waals surface area contributed by atoms with Crippen molar-refractivity contribution >= 4 is 0 Å². The molecule has 0 aliphatic carbocycles. The Morgan fingerprint density at radius 2 is 2.16 bits per heavy atom. The van der Waals surface area contributed by atoms with Gasteiger partial charge < -0.3 is 10.1 Å². The number of nitrogens with zero attached hydrogens (tertiary/aromatic N) is 2. The zero-order valence-corrected chi connectivity index (χ0v) is 12.9. The van der Waals surface area contributed by atoms with Gasteiger partial charge in [-0.25, -0.2) is 0 Å². The standard InChI is InChI=1S/C15H29N3O/c1-5-7-16-11-15-12-17-18(14(15)4)8-10-19-9-6-13(2)3/h12-13,16H,5-11H2,1-4H3. The zero-order chi connectivity index (χ0) is 14.1. The van der Waals surface area contributed by atoms with Crippen LogP contribution < -0.4 is 5.32 Å². The first kappa shape index (κ1) is 16.2. The van der Waals surface area contributed by atoms with Crippen molar-refractivity contribution in [2.24, 2.45) is 5.92 Å². The van der Waals surface area contributed by atoms with Crippen molar-refractivity contribution in [1.29, 1.82) is 0 Å². The van der Waals surface area contributed by atoms with E-state index in [1.54, 1.807) is 0 Å². The molecule has 1 N–H and O–H groups in total. The van der Waals surface area contributed by atoms with Gasteiger partial charge in [0.05, 0.1) is 19.3 Å². The van der Waals surface area contributed by atoms with Crippen LogP contribution >= 0.6 is 0 Å². The molecule has 1 heterocycles. The summed E-state index contributed by atoms with van der Waals surface area (Å²) in [5.74, 6) is 0.711. The third kappa shape index (κ3) is 6.21. The molecular weight excluding hydrogens is 238 g/mol. The molecule has 0 amide bonds. The predicted molar refractivity (Wildman–Crippen MR) is 79.2 cm³/mol. The van der Waals surface area contributed by atoms with Gasteiger partial charge in [-0.3, -0.25) is 4.68 Å². The van der Waals surface area contributed by atoms with E-state index in [1.165, 1.54) is 11.3 Å². The van der Waals surface area contributed by atoms with Gasteiger partial charge in [0, 0.05) is 24.4 Å². The summed E-state index contributed by atoms with van der Waals surface area (Å²) in [5, 5.41) is 7.83. The lowest BCUT2D eigenvalue weighted by Crippen LogP contribution is -2.15. The van der Waals surface area contributed by atoms with E-state index in [-0.39, 0.29) is 0 Å². The normalized spacial score (nSPS) is 11.4. The maximum Gasteiger partial charge on any atom is 0.0662 e. The number of ether oxygens (including phenoxy) is 1. The monoisotopic (exact) mass is 267 g/mol. The van der Waals surface area contributed by atoms with Crippen molar-refractivity contribution in [2.75, 3.05) is 19.8 Å². The molecule has 4 heteroatoms. The van der Waals surface area contributed by atoms with Gasteiger partial charge in [0.25, 0.3) is 0 Å². The van der Waals surface area contributed by atoms with Crippen molar-refractivity contribution in [3.8, 4) is 0 Å². The molecule has 19 heavy (non-hydrogen) atoms. The van der Waals surface area contributed by atoms with Gasteiger partial charge in [-0.05, 0) is 32.2 Å². The van der Waals surface area contributed by atoms with E-state index >= 15 is 0 Å². The zero-order valence-electron chi connectivity index (χ0n) is 12.9. The second kappa shape index (κ2) is 9.10. The smallest absolute Gasteiger partial charge is 0.0662 e. The van der Waals surface area contributed by atoms with Crippen LogP contribution in [0.25, 0.3) is 0 Å². The molecule has 0 aromatic carbocycles. The summed E-state index contributed by atoms with van der Waals surface area (Å²) in [5.41, 5.74) is 2.53. The Morgan fingerprint density at radius 1 is 1.37 bits per heavy atom. The molecule has 1 aromatic rings. The molecule has 0 atom stereocenters. The second-order valence-corrected chi connectivity index (χ2v) is 5.45. The van der Waals surface area contributed by atoms with Gasteiger partial charge in [0.1, 0.15) is 0 Å². The maximum absolute atomic E-state index is 5.63. The molecule has 0 saturated carbocycles. The highest BCUT2D eigenvalue weighted by Crippen LogP contribution is 2.07. The summed E-state index contributed by atoms with van der Waals surface area (Å²) < 4.78 is 7.67. The lowest BCUT2D eigenvalue weighted by atomic mass is 10.1. The van der Waals surface area contributed by atoms with Gasteiger partial charge >= 0.3 is 0 Å². The molecular formula is C15H29N3O. The second-order valence-electron chi connectivity index (χ2n) is 5.45. The SMILES string of the molecule is CCCNCc1cnn(CCOCCC(C)C)c1C. The fourth-order valence-corrected chi connectivity index (χ4v) is 1.86. The molecule has 0 saturated heterocycles. The first-order valence-corrected chi connectivity index (χ1v) is 7.44. The Hall–Kier alpha value is -0.870. The average Bonchev–Trinajstić information content (AvgIpc) is 2.71. The quantitative estimate of drug-likeness (QED) is 0.663. The predicted octanol–water partition coefficient (Wildman–Crippen LogP) is 2.75. The van der Waals surface area contributed by atoms with Crippen molar-refractivity contribution in [1.82, 2.24) is 15.1 Å². The molecule has 1 rings (SSSR count). The largest absolute Gasteiger partial charge is 0.380 e. The molecule has 0 unspecified atom stereocenters. The van der Waals surface area contributed by atoms with E-state index < -0.39 is 0 Å². The van der Waals surface area contributed by atoms with Gasteiger partial charge in [-0.15, -0.1) is 0 Å². The summed E-state index contributed by atoms with van der Waals surface area (Å²) in [4.78, 5) is 0. The molecule has 0 bridgehead atoms. The third-order valence-corrected chi connectivity index (χ3v) is 3.23. The van der Waals surface area contributed by atoms with Crippen LogP contribution in [-0.4, -0.2) is 29.5 Å². The summed E-state index contributed by atoms with van der Waals surface area (Å²) >= 11 is 0. The van der Waals surface area contributed by atoms with Crippen LogP contribution in [0.15, 0.2) is 6.20 Å². The van der Waals surface area contributed by atoms with E-state index in [1.807, 2.05) is 10.9 Å². The van der Waals surface area contributed by atoms with Gasteiger partial charge in [0.15, 0.2) is 0 Å². The Kier molecular flexibility index (Phi) is 7.75. The molecule has 4 nitrogen and oxygen atoms in total. The Morgan fingerprint density at radius 3 is 2.84 bits per heavy atom. The number of nitrogens with one attached hydrogen (secondary N) is 1. The van der Waals surface area contributed by atoms with Gasteiger partial charge in [-0.1, -0.05) is 20.8 Å². The molecule has 0 radical (unpaired) electrons. The number of aromatic nitrogens is 2. The molecule has 0 spiro atoms. The van der Waals surface area contributed by atoms with E-state index in [4.69, 9.17) is 4.74 Å². The number of rotatable bonds is 10. The highest BCUT2D eigenvalue weighted by molar-refractivity contribution is 5.15. The fraction of sp³-hybridized carbons (Fsp3) is 0.800. The van der Waals surface area contributed by atoms with Crippen LogP contribution in [0, 0.1) is 12.8 Å². The van der Waals surface area contributed by atoms with Crippen LogP contribution in [0.4, 0.5) is 0 Å². The van der Waals surface area contributed by atoms with Crippen molar-refractivity contribution in [2.45, 2.75) is 53.6 Å². The van der Waals surface area contributed by atoms with E-state index in [9.17, 15) is 0 Å². The molecule has 0 fully saturated rings. The Balaban J connectivity index is 2.26. The first-order valence-electron chi connectivity index (χ1n) is 7.44. The minimum Gasteiger partial charge on any atom is -0.380 e. The van der Waals surface area contributed by atoms with Crippen LogP contribution in [0.1, 0.15) is 44.9 Å². The molecule has 1 aromatic heterocycles. The molecule has 0 aliphatic heterocycles. The van der Waals surface area contributed by atoms with E-state index in [2.05, 4.69) is 38.1 Å². The third-order valence-electron chi connectivity index (χ3n) is 3.23. The lowest BCUT2D eigenvalue weighted by molar-refractivity contribution is 0.113. The lowest BCUT2D eigenvalue weighted by Gasteiger charge is -2.08. The highest BCUT2D eigenvalue weighted by atomic mass is 16.5. The fourth-order valence-electron chi connectivity index (χ4n) is 1.86. The topological polar surface area (TPSA) is 39.1 Å². The van der Waals surface area contributed by atoms with Crippen molar-refractivity contribution in [3.05, 3.63) is 17.5 Å². The summed E-state index contributed by atoms with van der Waals surface area (Å²) in [6.07, 6.45) is 4.26. The van der Waals surface area contributed by atoms with Gasteiger partial charge in [0.2, 0.25) is 0 Å². The number of hydrogen-bond acceptors (Lipinski definition) is 3. The van der Waals surface area contributed by atoms with E-state index in [0.29, 0.717) is 5.92 Å². The van der Waals surface area contributed by atoms with Crippen LogP contribution in [-0.2, 0) is 17.8 Å². The highest BCUT2D eigenvalue weighted by Gasteiger charge is 2.05. The minimum atomic E-state index is 0.711. The van der Waals surface area contributed by atoms with Crippen LogP contribution in [0.5, 0.6) is 0 Å².